The number of benzene rings is 1. The second kappa shape index (κ2) is 9.81. The summed E-state index contributed by atoms with van der Waals surface area (Å²) in [4.78, 5) is 32.0. The molecule has 1 aliphatic carbocycles. The van der Waals surface area contributed by atoms with Crippen molar-refractivity contribution in [2.75, 3.05) is 23.7 Å². The third kappa shape index (κ3) is 5.12. The molecule has 3 aromatic heterocycles. The Morgan fingerprint density at radius 1 is 1.03 bits per heavy atom. The van der Waals surface area contributed by atoms with Crippen LogP contribution in [-0.2, 0) is 7.05 Å². The molecule has 2 aliphatic rings. The second-order valence-electron chi connectivity index (χ2n) is 9.60. The van der Waals surface area contributed by atoms with Gasteiger partial charge in [-0.3, -0.25) is 19.9 Å². The lowest BCUT2D eigenvalue weighted by molar-refractivity contribution is 0.102. The first kappa shape index (κ1) is 23.4. The maximum atomic E-state index is 12.8. The average Bonchev–Trinajstić information content (AvgIpc) is 3.29. The van der Waals surface area contributed by atoms with Crippen LogP contribution in [0.1, 0.15) is 58.7 Å². The van der Waals surface area contributed by atoms with Gasteiger partial charge in [-0.1, -0.05) is 30.3 Å². The Morgan fingerprint density at radius 3 is 2.57 bits per heavy atom. The Morgan fingerprint density at radius 2 is 1.81 bits per heavy atom. The number of hydrogen-bond acceptors (Lipinski definition) is 6. The van der Waals surface area contributed by atoms with E-state index in [1.54, 1.807) is 9.58 Å². The number of aryl methyl sites for hydroxylation is 1. The van der Waals surface area contributed by atoms with Gasteiger partial charge < -0.3 is 10.2 Å². The van der Waals surface area contributed by atoms with Gasteiger partial charge in [-0.2, -0.15) is 10.2 Å². The quantitative estimate of drug-likeness (QED) is 0.340. The highest BCUT2D eigenvalue weighted by atomic mass is 32.1. The lowest BCUT2D eigenvalue weighted by Crippen LogP contribution is -2.40. The first-order chi connectivity index (χ1) is 18.0. The standard InChI is InChI=1S/C26H28N8O2S/c1-33-23(14-20(32-33)17-7-8-17)29-24(35)21-15-37-25(27-21)18-9-11-34(12-10-18)26(36)28-22-13-19(30-31-22)16-5-3-2-4-6-16/h2-6,13-15,17-18H,7-12H2,1H3,(H,29,35)(H2,28,30,31,36). The number of hydrogen-bond donors (Lipinski definition) is 3. The molecule has 0 radical (unpaired) electrons. The molecule has 1 aliphatic heterocycles. The molecule has 0 bridgehead atoms. The smallest absolute Gasteiger partial charge is 0.323 e. The fraction of sp³-hybridized carbons (Fsp3) is 0.346. The van der Waals surface area contributed by atoms with E-state index in [-0.39, 0.29) is 17.9 Å². The maximum absolute atomic E-state index is 12.8. The van der Waals surface area contributed by atoms with Gasteiger partial charge in [0.05, 0.1) is 16.4 Å². The molecule has 0 unspecified atom stereocenters. The van der Waals surface area contributed by atoms with E-state index in [1.807, 2.05) is 54.9 Å². The molecule has 37 heavy (non-hydrogen) atoms. The van der Waals surface area contributed by atoms with Gasteiger partial charge >= 0.3 is 6.03 Å². The van der Waals surface area contributed by atoms with Crippen LogP contribution in [0.3, 0.4) is 0 Å². The van der Waals surface area contributed by atoms with Crippen LogP contribution in [0.2, 0.25) is 0 Å². The topological polar surface area (TPSA) is 121 Å². The Labute approximate surface area is 218 Å². The molecular formula is C26H28N8O2S. The highest BCUT2D eigenvalue weighted by Gasteiger charge is 2.29. The predicted molar refractivity (Wildman–Crippen MR) is 142 cm³/mol. The van der Waals surface area contributed by atoms with E-state index in [0.29, 0.717) is 36.3 Å². The summed E-state index contributed by atoms with van der Waals surface area (Å²) >= 11 is 1.50. The minimum atomic E-state index is -0.224. The van der Waals surface area contributed by atoms with Gasteiger partial charge in [-0.05, 0) is 31.2 Å². The van der Waals surface area contributed by atoms with Gasteiger partial charge in [0, 0.05) is 49.5 Å². The van der Waals surface area contributed by atoms with Gasteiger partial charge in [-0.15, -0.1) is 11.3 Å². The van der Waals surface area contributed by atoms with E-state index in [2.05, 4.69) is 30.9 Å². The summed E-state index contributed by atoms with van der Waals surface area (Å²) in [6, 6.07) is 13.5. The molecule has 10 nitrogen and oxygen atoms in total. The summed E-state index contributed by atoms with van der Waals surface area (Å²) in [7, 11) is 1.84. The largest absolute Gasteiger partial charge is 0.324 e. The molecule has 190 valence electrons. The van der Waals surface area contributed by atoms with Crippen molar-refractivity contribution in [2.45, 2.75) is 37.5 Å². The van der Waals surface area contributed by atoms with Crippen LogP contribution in [0.4, 0.5) is 16.4 Å². The van der Waals surface area contributed by atoms with Crippen LogP contribution in [-0.4, -0.2) is 54.9 Å². The van der Waals surface area contributed by atoms with Crippen LogP contribution in [0.5, 0.6) is 0 Å². The summed E-state index contributed by atoms with van der Waals surface area (Å²) < 4.78 is 1.71. The molecular weight excluding hydrogens is 488 g/mol. The molecule has 1 saturated heterocycles. The number of aromatic nitrogens is 5. The van der Waals surface area contributed by atoms with Crippen LogP contribution in [0, 0.1) is 0 Å². The Bertz CT molecular complexity index is 1410. The van der Waals surface area contributed by atoms with Crippen molar-refractivity contribution in [3.05, 3.63) is 64.2 Å². The van der Waals surface area contributed by atoms with Crippen LogP contribution in [0.25, 0.3) is 11.3 Å². The monoisotopic (exact) mass is 516 g/mol. The lowest BCUT2D eigenvalue weighted by Gasteiger charge is -2.30. The minimum Gasteiger partial charge on any atom is -0.324 e. The number of urea groups is 1. The molecule has 3 N–H and O–H groups in total. The predicted octanol–water partition coefficient (Wildman–Crippen LogP) is 4.81. The molecule has 1 aromatic carbocycles. The molecule has 1 saturated carbocycles. The van der Waals surface area contributed by atoms with Gasteiger partial charge in [-0.25, -0.2) is 9.78 Å². The summed E-state index contributed by atoms with van der Waals surface area (Å²) in [6.45, 7) is 1.24. The number of aromatic amines is 1. The minimum absolute atomic E-state index is 0.162. The van der Waals surface area contributed by atoms with E-state index in [4.69, 9.17) is 0 Å². The van der Waals surface area contributed by atoms with Crippen LogP contribution < -0.4 is 10.6 Å². The van der Waals surface area contributed by atoms with E-state index in [9.17, 15) is 9.59 Å². The Hall–Kier alpha value is -3.99. The number of anilines is 2. The van der Waals surface area contributed by atoms with Crippen molar-refractivity contribution < 1.29 is 9.59 Å². The zero-order chi connectivity index (χ0) is 25.4. The number of likely N-dealkylation sites (tertiary alicyclic amines) is 1. The number of piperidine rings is 1. The first-order valence-corrected chi connectivity index (χ1v) is 13.4. The first-order valence-electron chi connectivity index (χ1n) is 12.5. The number of carbonyl (C=O) groups excluding carboxylic acids is 2. The lowest BCUT2D eigenvalue weighted by atomic mass is 9.98. The molecule has 0 spiro atoms. The van der Waals surface area contributed by atoms with E-state index >= 15 is 0 Å². The summed E-state index contributed by atoms with van der Waals surface area (Å²) in [5.74, 6) is 1.72. The number of thiazole rings is 1. The fourth-order valence-electron chi connectivity index (χ4n) is 4.61. The van der Waals surface area contributed by atoms with Crippen molar-refractivity contribution in [1.29, 1.82) is 0 Å². The number of nitrogens with zero attached hydrogens (tertiary/aromatic N) is 5. The third-order valence-corrected chi connectivity index (χ3v) is 7.93. The van der Waals surface area contributed by atoms with Gasteiger partial charge in [0.15, 0.2) is 5.82 Å². The maximum Gasteiger partial charge on any atom is 0.323 e. The number of carbonyl (C=O) groups is 2. The summed E-state index contributed by atoms with van der Waals surface area (Å²) in [5.41, 5.74) is 3.32. The van der Waals surface area contributed by atoms with Crippen molar-refractivity contribution >= 4 is 34.9 Å². The van der Waals surface area contributed by atoms with Gasteiger partial charge in [0.25, 0.3) is 5.91 Å². The Kier molecular flexibility index (Phi) is 6.21. The third-order valence-electron chi connectivity index (χ3n) is 6.92. The zero-order valence-corrected chi connectivity index (χ0v) is 21.3. The zero-order valence-electron chi connectivity index (χ0n) is 20.5. The van der Waals surface area contributed by atoms with Crippen molar-refractivity contribution in [3.63, 3.8) is 0 Å². The number of nitrogens with one attached hydrogen (secondary N) is 3. The van der Waals surface area contributed by atoms with E-state index in [1.165, 1.54) is 24.2 Å². The fourth-order valence-corrected chi connectivity index (χ4v) is 5.59. The normalized spacial score (nSPS) is 16.1. The van der Waals surface area contributed by atoms with Crippen molar-refractivity contribution in [3.8, 4) is 11.3 Å². The summed E-state index contributed by atoms with van der Waals surface area (Å²) in [5, 5.41) is 20.3. The van der Waals surface area contributed by atoms with Crippen molar-refractivity contribution in [2.24, 2.45) is 7.05 Å². The van der Waals surface area contributed by atoms with Crippen molar-refractivity contribution in [1.82, 2.24) is 29.9 Å². The average molecular weight is 517 g/mol. The van der Waals surface area contributed by atoms with Gasteiger partial charge in [0.1, 0.15) is 11.5 Å². The highest BCUT2D eigenvalue weighted by molar-refractivity contribution is 7.10. The summed E-state index contributed by atoms with van der Waals surface area (Å²) in [6.07, 6.45) is 3.92. The Balaban J connectivity index is 1.02. The van der Waals surface area contributed by atoms with Crippen LogP contribution in [0.15, 0.2) is 47.8 Å². The molecule has 6 rings (SSSR count). The number of rotatable bonds is 6. The van der Waals surface area contributed by atoms with E-state index in [0.717, 1.165) is 34.8 Å². The van der Waals surface area contributed by atoms with Crippen LogP contribution >= 0.6 is 11.3 Å². The number of H-pyrrole nitrogens is 1. The molecule has 3 amide bonds. The van der Waals surface area contributed by atoms with E-state index < -0.39 is 0 Å². The SMILES string of the molecule is Cn1nc(C2CC2)cc1NC(=O)c1csc(C2CCN(C(=O)Nc3cc(-c4ccccc4)[nH]n3)CC2)n1. The molecule has 0 atom stereocenters. The van der Waals surface area contributed by atoms with Gasteiger partial charge in [0.2, 0.25) is 0 Å². The number of amides is 3. The second-order valence-corrected chi connectivity index (χ2v) is 10.5. The highest BCUT2D eigenvalue weighted by Crippen LogP contribution is 2.40. The molecule has 4 aromatic rings. The molecule has 4 heterocycles. The molecule has 2 fully saturated rings. The molecule has 11 heteroatoms.